The molecule has 114 valence electrons. The van der Waals surface area contributed by atoms with Crippen LogP contribution in [0, 0.1) is 0 Å². The third-order valence-electron chi connectivity index (χ3n) is 3.48. The number of hydrogen-bond acceptors (Lipinski definition) is 3. The van der Waals surface area contributed by atoms with Crippen LogP contribution in [-0.2, 0) is 4.79 Å². The Morgan fingerprint density at radius 2 is 1.90 bits per heavy atom. The van der Waals surface area contributed by atoms with E-state index in [2.05, 4.69) is 0 Å². The summed E-state index contributed by atoms with van der Waals surface area (Å²) in [4.78, 5) is 28.0. The molecule has 2 rings (SSSR count). The largest absolute Gasteiger partial charge is 0.340 e. The summed E-state index contributed by atoms with van der Waals surface area (Å²) in [6.07, 6.45) is 2.73. The van der Waals surface area contributed by atoms with Crippen molar-refractivity contribution in [3.05, 3.63) is 34.9 Å². The summed E-state index contributed by atoms with van der Waals surface area (Å²) in [5.74, 6) is 0.638. The van der Waals surface area contributed by atoms with Crippen LogP contribution < -0.4 is 0 Å². The maximum absolute atomic E-state index is 12.5. The highest BCUT2D eigenvalue weighted by molar-refractivity contribution is 7.99. The fraction of sp³-hybridized carbons (Fsp3) is 0.467. The molecule has 1 saturated heterocycles. The van der Waals surface area contributed by atoms with E-state index in [0.717, 1.165) is 13.0 Å². The Labute approximate surface area is 134 Å². The highest BCUT2D eigenvalue weighted by Gasteiger charge is 2.22. The molecule has 0 aliphatic carbocycles. The van der Waals surface area contributed by atoms with Crippen molar-refractivity contribution in [2.75, 3.05) is 38.2 Å². The fourth-order valence-corrected chi connectivity index (χ4v) is 3.01. The average molecular weight is 327 g/mol. The van der Waals surface area contributed by atoms with Crippen LogP contribution in [0.25, 0.3) is 0 Å². The monoisotopic (exact) mass is 326 g/mol. The van der Waals surface area contributed by atoms with Crippen molar-refractivity contribution in [2.24, 2.45) is 0 Å². The molecule has 0 aromatic heterocycles. The number of hydrogen-bond donors (Lipinski definition) is 0. The molecule has 0 bridgehead atoms. The van der Waals surface area contributed by atoms with Crippen LogP contribution >= 0.6 is 23.4 Å². The molecule has 1 aromatic rings. The van der Waals surface area contributed by atoms with Crippen molar-refractivity contribution in [1.82, 2.24) is 9.80 Å². The maximum Gasteiger partial charge on any atom is 0.253 e. The zero-order valence-electron chi connectivity index (χ0n) is 12.0. The third-order valence-corrected chi connectivity index (χ3v) is 4.25. The first-order valence-electron chi connectivity index (χ1n) is 6.93. The van der Waals surface area contributed by atoms with E-state index >= 15 is 0 Å². The summed E-state index contributed by atoms with van der Waals surface area (Å²) >= 11 is 7.46. The molecule has 0 saturated carbocycles. The van der Waals surface area contributed by atoms with Gasteiger partial charge in [-0.3, -0.25) is 9.59 Å². The SMILES string of the molecule is CSCC(=O)N1CCCN(C(=O)c2cccc(Cl)c2)CC1. The highest BCUT2D eigenvalue weighted by Crippen LogP contribution is 2.14. The molecule has 21 heavy (non-hydrogen) atoms. The van der Waals surface area contributed by atoms with E-state index in [9.17, 15) is 9.59 Å². The molecule has 1 fully saturated rings. The standard InChI is InChI=1S/C15H19ClN2O2S/c1-21-11-14(19)17-6-3-7-18(9-8-17)15(20)12-4-2-5-13(16)10-12/h2,4-5,10H,3,6-9,11H2,1H3. The fourth-order valence-electron chi connectivity index (χ4n) is 2.39. The molecule has 4 nitrogen and oxygen atoms in total. The average Bonchev–Trinajstić information content (AvgIpc) is 2.72. The number of carbonyl (C=O) groups excluding carboxylic acids is 2. The molecular weight excluding hydrogens is 308 g/mol. The lowest BCUT2D eigenvalue weighted by Crippen LogP contribution is -2.38. The number of nitrogens with zero attached hydrogens (tertiary/aromatic N) is 2. The summed E-state index contributed by atoms with van der Waals surface area (Å²) in [5, 5.41) is 0.562. The van der Waals surface area contributed by atoms with Crippen LogP contribution in [0.5, 0.6) is 0 Å². The van der Waals surface area contributed by atoms with Crippen molar-refractivity contribution in [1.29, 1.82) is 0 Å². The second-order valence-corrected chi connectivity index (χ2v) is 6.27. The van der Waals surface area contributed by atoms with Crippen LogP contribution in [0.15, 0.2) is 24.3 Å². The van der Waals surface area contributed by atoms with E-state index in [0.29, 0.717) is 36.0 Å². The molecule has 1 aromatic carbocycles. The molecular formula is C15H19ClN2O2S. The van der Waals surface area contributed by atoms with Crippen molar-refractivity contribution < 1.29 is 9.59 Å². The molecule has 0 unspecified atom stereocenters. The smallest absolute Gasteiger partial charge is 0.253 e. The minimum absolute atomic E-state index is 0.0170. The molecule has 0 radical (unpaired) electrons. The molecule has 1 aliphatic rings. The Hall–Kier alpha value is -1.20. The van der Waals surface area contributed by atoms with Crippen molar-refractivity contribution in [2.45, 2.75) is 6.42 Å². The van der Waals surface area contributed by atoms with Crippen LogP contribution in [0.4, 0.5) is 0 Å². The maximum atomic E-state index is 12.5. The lowest BCUT2D eigenvalue weighted by Gasteiger charge is -2.22. The highest BCUT2D eigenvalue weighted by atomic mass is 35.5. The first kappa shape index (κ1) is 16.2. The van der Waals surface area contributed by atoms with Gasteiger partial charge in [-0.15, -0.1) is 0 Å². The van der Waals surface area contributed by atoms with Gasteiger partial charge in [-0.2, -0.15) is 11.8 Å². The Kier molecular flexibility index (Phi) is 5.94. The van der Waals surface area contributed by atoms with Gasteiger partial charge in [-0.1, -0.05) is 17.7 Å². The van der Waals surface area contributed by atoms with Gasteiger partial charge in [-0.25, -0.2) is 0 Å². The number of halogens is 1. The number of benzene rings is 1. The number of carbonyl (C=O) groups is 2. The first-order chi connectivity index (χ1) is 10.1. The minimum atomic E-state index is -0.0170. The van der Waals surface area contributed by atoms with Gasteiger partial charge in [0, 0.05) is 36.8 Å². The zero-order valence-corrected chi connectivity index (χ0v) is 13.6. The molecule has 1 aliphatic heterocycles. The van der Waals surface area contributed by atoms with Gasteiger partial charge in [0.2, 0.25) is 5.91 Å². The minimum Gasteiger partial charge on any atom is -0.340 e. The van der Waals surface area contributed by atoms with Crippen molar-refractivity contribution in [3.8, 4) is 0 Å². The van der Waals surface area contributed by atoms with E-state index in [-0.39, 0.29) is 11.8 Å². The normalized spacial score (nSPS) is 15.7. The number of rotatable bonds is 3. The molecule has 0 spiro atoms. The van der Waals surface area contributed by atoms with E-state index < -0.39 is 0 Å². The van der Waals surface area contributed by atoms with Crippen molar-refractivity contribution >= 4 is 35.2 Å². The summed E-state index contributed by atoms with van der Waals surface area (Å²) < 4.78 is 0. The Morgan fingerprint density at radius 1 is 1.19 bits per heavy atom. The summed E-state index contributed by atoms with van der Waals surface area (Å²) in [6, 6.07) is 6.99. The van der Waals surface area contributed by atoms with Gasteiger partial charge in [0.15, 0.2) is 0 Å². The molecule has 2 amide bonds. The summed E-state index contributed by atoms with van der Waals surface area (Å²) in [5.41, 5.74) is 0.603. The zero-order chi connectivity index (χ0) is 15.2. The second-order valence-electron chi connectivity index (χ2n) is 4.97. The Bertz CT molecular complexity index is 524. The van der Waals surface area contributed by atoms with E-state index in [1.54, 1.807) is 29.2 Å². The van der Waals surface area contributed by atoms with Gasteiger partial charge < -0.3 is 9.80 Å². The van der Waals surface area contributed by atoms with Gasteiger partial charge in [0.05, 0.1) is 5.75 Å². The summed E-state index contributed by atoms with van der Waals surface area (Å²) in [6.45, 7) is 2.57. The Morgan fingerprint density at radius 3 is 2.62 bits per heavy atom. The molecule has 6 heteroatoms. The third kappa shape index (κ3) is 4.38. The van der Waals surface area contributed by atoms with Crippen LogP contribution in [0.1, 0.15) is 16.8 Å². The molecule has 0 atom stereocenters. The second kappa shape index (κ2) is 7.71. The predicted octanol–water partition coefficient (Wildman–Crippen LogP) is 2.38. The predicted molar refractivity (Wildman–Crippen MR) is 86.9 cm³/mol. The van der Waals surface area contributed by atoms with Gasteiger partial charge in [-0.05, 0) is 30.9 Å². The lowest BCUT2D eigenvalue weighted by atomic mass is 10.2. The van der Waals surface area contributed by atoms with Gasteiger partial charge >= 0.3 is 0 Å². The van der Waals surface area contributed by atoms with Crippen LogP contribution in [0.3, 0.4) is 0 Å². The molecule has 0 N–H and O–H groups in total. The lowest BCUT2D eigenvalue weighted by molar-refractivity contribution is -0.128. The van der Waals surface area contributed by atoms with Crippen molar-refractivity contribution in [3.63, 3.8) is 0 Å². The van der Waals surface area contributed by atoms with Crippen LogP contribution in [-0.4, -0.2) is 59.8 Å². The van der Waals surface area contributed by atoms with Crippen LogP contribution in [0.2, 0.25) is 5.02 Å². The number of thioether (sulfide) groups is 1. The first-order valence-corrected chi connectivity index (χ1v) is 8.70. The van der Waals surface area contributed by atoms with Gasteiger partial charge in [0.1, 0.15) is 0 Å². The van der Waals surface area contributed by atoms with Gasteiger partial charge in [0.25, 0.3) is 5.91 Å². The molecule has 1 heterocycles. The topological polar surface area (TPSA) is 40.6 Å². The van der Waals surface area contributed by atoms with E-state index in [1.807, 2.05) is 11.2 Å². The quantitative estimate of drug-likeness (QED) is 0.856. The number of amides is 2. The Balaban J connectivity index is 1.99. The van der Waals surface area contributed by atoms with E-state index in [4.69, 9.17) is 11.6 Å². The van der Waals surface area contributed by atoms with E-state index in [1.165, 1.54) is 11.8 Å². The summed E-state index contributed by atoms with van der Waals surface area (Å²) in [7, 11) is 0.